The summed E-state index contributed by atoms with van der Waals surface area (Å²) in [6, 6.07) is 14.1. The fourth-order valence-corrected chi connectivity index (χ4v) is 2.77. The zero-order chi connectivity index (χ0) is 17.9. The van der Waals surface area contributed by atoms with E-state index in [0.29, 0.717) is 0 Å². The molecule has 0 atom stereocenters. The molecule has 2 aromatic carbocycles. The van der Waals surface area contributed by atoms with Crippen LogP contribution in [0.25, 0.3) is 0 Å². The number of halogens is 1. The molecule has 0 heterocycles. The Bertz CT molecular complexity index is 628. The molecule has 25 heavy (non-hydrogen) atoms. The van der Waals surface area contributed by atoms with Gasteiger partial charge in [0.1, 0.15) is 5.75 Å². The third kappa shape index (κ3) is 6.87. The molecule has 0 bridgehead atoms. The van der Waals surface area contributed by atoms with Gasteiger partial charge in [0.05, 0.1) is 6.61 Å². The van der Waals surface area contributed by atoms with Crippen molar-refractivity contribution in [3.05, 3.63) is 53.1 Å². The first-order chi connectivity index (χ1) is 12.2. The summed E-state index contributed by atoms with van der Waals surface area (Å²) < 4.78 is 5.76. The summed E-state index contributed by atoms with van der Waals surface area (Å²) in [6.07, 6.45) is 4.92. The third-order valence-corrected chi connectivity index (χ3v) is 4.57. The van der Waals surface area contributed by atoms with E-state index >= 15 is 0 Å². The molecule has 2 rings (SSSR count). The fourth-order valence-electron chi connectivity index (χ4n) is 2.59. The zero-order valence-corrected chi connectivity index (χ0v) is 16.0. The van der Waals surface area contributed by atoms with Gasteiger partial charge in [-0.15, -0.1) is 0 Å². The lowest BCUT2D eigenvalue weighted by Crippen LogP contribution is -2.14. The highest BCUT2D eigenvalue weighted by molar-refractivity contribution is 6.31. The summed E-state index contributed by atoms with van der Waals surface area (Å²) in [5, 5.41) is 7.61. The molecule has 0 spiro atoms. The fraction of sp³-hybridized carbons (Fsp3) is 0.429. The molecule has 0 saturated carbocycles. The average molecular weight is 361 g/mol. The number of anilines is 2. The van der Waals surface area contributed by atoms with Gasteiger partial charge < -0.3 is 15.4 Å². The summed E-state index contributed by atoms with van der Waals surface area (Å²) in [7, 11) is 0. The Labute approximate surface area is 156 Å². The molecule has 2 aromatic rings. The second kappa shape index (κ2) is 10.9. The first-order valence-electron chi connectivity index (χ1n) is 9.16. The topological polar surface area (TPSA) is 33.3 Å². The number of hydrogen-bond donors (Lipinski definition) is 2. The lowest BCUT2D eigenvalue weighted by atomic mass is 10.2. The van der Waals surface area contributed by atoms with Crippen molar-refractivity contribution < 1.29 is 4.74 Å². The van der Waals surface area contributed by atoms with Crippen molar-refractivity contribution in [2.45, 2.75) is 39.5 Å². The van der Waals surface area contributed by atoms with Gasteiger partial charge in [-0.1, -0.05) is 43.9 Å². The quantitative estimate of drug-likeness (QED) is 0.473. The molecular weight excluding hydrogens is 332 g/mol. The molecule has 0 unspecified atom stereocenters. The Morgan fingerprint density at radius 1 is 0.920 bits per heavy atom. The summed E-state index contributed by atoms with van der Waals surface area (Å²) in [4.78, 5) is 0. The van der Waals surface area contributed by atoms with Crippen molar-refractivity contribution in [2.75, 3.05) is 30.3 Å². The van der Waals surface area contributed by atoms with Gasteiger partial charge in [0.15, 0.2) is 0 Å². The maximum Gasteiger partial charge on any atom is 0.119 e. The minimum Gasteiger partial charge on any atom is -0.494 e. The van der Waals surface area contributed by atoms with Gasteiger partial charge in [-0.05, 0) is 55.3 Å². The van der Waals surface area contributed by atoms with Crippen LogP contribution in [0, 0.1) is 6.92 Å². The van der Waals surface area contributed by atoms with E-state index in [2.05, 4.69) is 29.7 Å². The van der Waals surface area contributed by atoms with Crippen molar-refractivity contribution in [1.29, 1.82) is 0 Å². The molecule has 0 radical (unpaired) electrons. The Morgan fingerprint density at radius 2 is 1.68 bits per heavy atom. The molecule has 0 aliphatic rings. The van der Waals surface area contributed by atoms with Crippen LogP contribution in [0.2, 0.25) is 5.02 Å². The van der Waals surface area contributed by atoms with Crippen LogP contribution in [0.15, 0.2) is 42.5 Å². The van der Waals surface area contributed by atoms with Crippen molar-refractivity contribution in [1.82, 2.24) is 0 Å². The number of benzene rings is 2. The second-order valence-corrected chi connectivity index (χ2v) is 6.61. The number of ether oxygens (including phenoxy) is 1. The number of rotatable bonds is 11. The number of unbranched alkanes of at least 4 members (excludes halogenated alkanes) is 3. The lowest BCUT2D eigenvalue weighted by molar-refractivity contribution is 0.305. The van der Waals surface area contributed by atoms with E-state index in [9.17, 15) is 0 Å². The van der Waals surface area contributed by atoms with Crippen LogP contribution in [0.4, 0.5) is 11.4 Å². The predicted octanol–water partition coefficient (Wildman–Crippen LogP) is 6.13. The Balaban J connectivity index is 1.66. The highest BCUT2D eigenvalue weighted by Crippen LogP contribution is 2.22. The normalized spacial score (nSPS) is 10.5. The summed E-state index contributed by atoms with van der Waals surface area (Å²) in [5.41, 5.74) is 3.27. The molecule has 3 nitrogen and oxygen atoms in total. The summed E-state index contributed by atoms with van der Waals surface area (Å²) >= 11 is 6.13. The molecule has 0 fully saturated rings. The van der Waals surface area contributed by atoms with E-state index in [1.54, 1.807) is 0 Å². The molecule has 4 heteroatoms. The second-order valence-electron chi connectivity index (χ2n) is 6.20. The highest BCUT2D eigenvalue weighted by Gasteiger charge is 2.01. The number of hydrogen-bond acceptors (Lipinski definition) is 3. The van der Waals surface area contributed by atoms with E-state index < -0.39 is 0 Å². The van der Waals surface area contributed by atoms with Crippen LogP contribution in [0.5, 0.6) is 5.75 Å². The van der Waals surface area contributed by atoms with E-state index in [1.165, 1.54) is 19.3 Å². The maximum absolute atomic E-state index is 6.13. The molecular formula is C21H29ClN2O. The first kappa shape index (κ1) is 19.5. The number of nitrogens with one attached hydrogen (secondary N) is 2. The third-order valence-electron chi connectivity index (χ3n) is 4.16. The van der Waals surface area contributed by atoms with Gasteiger partial charge in [0.25, 0.3) is 0 Å². The van der Waals surface area contributed by atoms with Crippen LogP contribution < -0.4 is 15.4 Å². The Hall–Kier alpha value is -1.87. The first-order valence-corrected chi connectivity index (χ1v) is 9.54. The molecule has 0 aromatic heterocycles. The SMILES string of the molecule is CCCCCCOc1ccc(NCCNc2cccc(Cl)c2C)cc1. The molecule has 0 amide bonds. The minimum absolute atomic E-state index is 0.795. The van der Waals surface area contributed by atoms with Crippen molar-refractivity contribution in [3.63, 3.8) is 0 Å². The van der Waals surface area contributed by atoms with Crippen LogP contribution in [0.1, 0.15) is 38.2 Å². The molecule has 2 N–H and O–H groups in total. The van der Waals surface area contributed by atoms with Crippen LogP contribution >= 0.6 is 11.6 Å². The van der Waals surface area contributed by atoms with E-state index in [1.807, 2.05) is 37.3 Å². The van der Waals surface area contributed by atoms with Crippen LogP contribution in [0.3, 0.4) is 0 Å². The van der Waals surface area contributed by atoms with Gasteiger partial charge >= 0.3 is 0 Å². The van der Waals surface area contributed by atoms with Crippen molar-refractivity contribution >= 4 is 23.0 Å². The highest BCUT2D eigenvalue weighted by atomic mass is 35.5. The molecule has 0 aliphatic carbocycles. The largest absolute Gasteiger partial charge is 0.494 e. The van der Waals surface area contributed by atoms with Crippen molar-refractivity contribution in [3.8, 4) is 5.75 Å². The monoisotopic (exact) mass is 360 g/mol. The standard InChI is InChI=1S/C21H29ClN2O/c1-3-4-5-6-16-25-19-12-10-18(11-13-19)23-14-15-24-21-9-7-8-20(22)17(21)2/h7-13,23-24H,3-6,14-16H2,1-2H3. The van der Waals surface area contributed by atoms with Crippen LogP contribution in [-0.4, -0.2) is 19.7 Å². The molecule has 0 aliphatic heterocycles. The van der Waals surface area contributed by atoms with Gasteiger partial charge in [-0.25, -0.2) is 0 Å². The Kier molecular flexibility index (Phi) is 8.47. The van der Waals surface area contributed by atoms with E-state index in [0.717, 1.165) is 53.8 Å². The van der Waals surface area contributed by atoms with Gasteiger partial charge in [0.2, 0.25) is 0 Å². The molecule has 0 saturated heterocycles. The minimum atomic E-state index is 0.795. The lowest BCUT2D eigenvalue weighted by Gasteiger charge is -2.12. The predicted molar refractivity (Wildman–Crippen MR) is 109 cm³/mol. The summed E-state index contributed by atoms with van der Waals surface area (Å²) in [6.45, 7) is 6.72. The van der Waals surface area contributed by atoms with Gasteiger partial charge in [-0.3, -0.25) is 0 Å². The summed E-state index contributed by atoms with van der Waals surface area (Å²) in [5.74, 6) is 0.940. The van der Waals surface area contributed by atoms with E-state index in [4.69, 9.17) is 16.3 Å². The average Bonchev–Trinajstić information content (AvgIpc) is 2.63. The molecule has 136 valence electrons. The maximum atomic E-state index is 6.13. The zero-order valence-electron chi connectivity index (χ0n) is 15.3. The van der Waals surface area contributed by atoms with Crippen molar-refractivity contribution in [2.24, 2.45) is 0 Å². The Morgan fingerprint density at radius 3 is 2.44 bits per heavy atom. The van der Waals surface area contributed by atoms with E-state index in [-0.39, 0.29) is 0 Å². The smallest absolute Gasteiger partial charge is 0.119 e. The van der Waals surface area contributed by atoms with Gasteiger partial charge in [-0.2, -0.15) is 0 Å². The van der Waals surface area contributed by atoms with Crippen LogP contribution in [-0.2, 0) is 0 Å². The van der Waals surface area contributed by atoms with Gasteiger partial charge in [0, 0.05) is 29.5 Å².